The van der Waals surface area contributed by atoms with Gasteiger partial charge >= 0.3 is 0 Å². The summed E-state index contributed by atoms with van der Waals surface area (Å²) in [6.07, 6.45) is 8.36. The van der Waals surface area contributed by atoms with Gasteiger partial charge in [0.1, 0.15) is 4.88 Å². The zero-order valence-electron chi connectivity index (χ0n) is 22.5. The number of carbonyl (C=O) groups is 1. The Morgan fingerprint density at radius 1 is 1.18 bits per heavy atom. The van der Waals surface area contributed by atoms with E-state index in [2.05, 4.69) is 64.5 Å². The van der Waals surface area contributed by atoms with E-state index >= 15 is 0 Å². The number of rotatable bonds is 7. The van der Waals surface area contributed by atoms with Crippen LogP contribution in [0.1, 0.15) is 59.0 Å². The highest BCUT2D eigenvalue weighted by atomic mass is 32.1. The summed E-state index contributed by atoms with van der Waals surface area (Å²) in [6.45, 7) is 10.9. The highest BCUT2D eigenvalue weighted by molar-refractivity contribution is 7.13. The zero-order valence-corrected chi connectivity index (χ0v) is 23.3. The lowest BCUT2D eigenvalue weighted by Crippen LogP contribution is -2.22. The number of anilines is 2. The molecular formula is C28H34N8OS. The number of likely N-dealkylation sites (tertiary alicyclic amines) is 1. The maximum atomic E-state index is 12.7. The lowest BCUT2D eigenvalue weighted by atomic mass is 9.98. The van der Waals surface area contributed by atoms with Crippen molar-refractivity contribution in [1.29, 1.82) is 0 Å². The highest BCUT2D eigenvalue weighted by Crippen LogP contribution is 2.27. The molecule has 4 heterocycles. The molecule has 1 fully saturated rings. The number of amides is 1. The van der Waals surface area contributed by atoms with Crippen molar-refractivity contribution in [2.45, 2.75) is 52.1 Å². The maximum Gasteiger partial charge on any atom is 0.263 e. The minimum absolute atomic E-state index is 0.0687. The normalized spacial score (nSPS) is 16.1. The predicted octanol–water partition coefficient (Wildman–Crippen LogP) is 4.95. The number of aryl methyl sites for hydroxylation is 1. The molecule has 0 spiro atoms. The van der Waals surface area contributed by atoms with Crippen molar-refractivity contribution in [3.63, 3.8) is 0 Å². The van der Waals surface area contributed by atoms with Gasteiger partial charge in [0, 0.05) is 36.5 Å². The Morgan fingerprint density at radius 3 is 2.74 bits per heavy atom. The van der Waals surface area contributed by atoms with Gasteiger partial charge in [-0.3, -0.25) is 9.48 Å². The van der Waals surface area contributed by atoms with Crippen LogP contribution in [0.15, 0.2) is 49.1 Å². The van der Waals surface area contributed by atoms with Crippen molar-refractivity contribution in [2.75, 3.05) is 25.5 Å². The smallest absolute Gasteiger partial charge is 0.263 e. The van der Waals surface area contributed by atoms with E-state index in [4.69, 9.17) is 4.98 Å². The third kappa shape index (κ3) is 5.92. The van der Waals surface area contributed by atoms with Crippen LogP contribution in [0.5, 0.6) is 0 Å². The molecule has 1 amide bonds. The largest absolute Gasteiger partial charge is 0.347 e. The molecule has 9 nitrogen and oxygen atoms in total. The van der Waals surface area contributed by atoms with Crippen LogP contribution in [0, 0.1) is 6.92 Å². The molecule has 10 heteroatoms. The van der Waals surface area contributed by atoms with Crippen molar-refractivity contribution in [3.8, 4) is 11.3 Å². The van der Waals surface area contributed by atoms with Gasteiger partial charge in [-0.1, -0.05) is 32.9 Å². The molecule has 1 unspecified atom stereocenters. The molecule has 1 saturated heterocycles. The summed E-state index contributed by atoms with van der Waals surface area (Å²) in [4.78, 5) is 29.1. The summed E-state index contributed by atoms with van der Waals surface area (Å²) in [6, 6.07) is 8.45. The number of hydrogen-bond acceptors (Lipinski definition) is 8. The van der Waals surface area contributed by atoms with Crippen LogP contribution in [0.3, 0.4) is 0 Å². The number of hydrogen-bond donors (Lipinski definition) is 2. The summed E-state index contributed by atoms with van der Waals surface area (Å²) in [5.74, 6) is 0.426. The Hall–Kier alpha value is -3.63. The van der Waals surface area contributed by atoms with Gasteiger partial charge < -0.3 is 15.5 Å². The van der Waals surface area contributed by atoms with Gasteiger partial charge in [0.05, 0.1) is 34.8 Å². The molecule has 1 aliphatic heterocycles. The van der Waals surface area contributed by atoms with Gasteiger partial charge in [0.2, 0.25) is 5.95 Å². The first-order valence-corrected chi connectivity index (χ1v) is 13.6. The Labute approximate surface area is 227 Å². The minimum atomic E-state index is -0.101. The predicted molar refractivity (Wildman–Crippen MR) is 151 cm³/mol. The van der Waals surface area contributed by atoms with E-state index in [0.717, 1.165) is 52.6 Å². The van der Waals surface area contributed by atoms with E-state index in [9.17, 15) is 4.79 Å². The monoisotopic (exact) mass is 530 g/mol. The summed E-state index contributed by atoms with van der Waals surface area (Å²) in [7, 11) is 2.14. The SMILES string of the molecule is Cc1cc(-c2ccnc(Nc3cnn(C4CCN(C)C4)c3)n2)ccc1CNC(=O)c1cnc(C(C)(C)C)s1. The van der Waals surface area contributed by atoms with Crippen LogP contribution in [0.4, 0.5) is 11.6 Å². The quantitative estimate of drug-likeness (QED) is 0.349. The fourth-order valence-corrected chi connectivity index (χ4v) is 5.37. The Bertz CT molecular complexity index is 1440. The molecular weight excluding hydrogens is 496 g/mol. The second-order valence-electron chi connectivity index (χ2n) is 10.9. The Balaban J connectivity index is 1.23. The van der Waals surface area contributed by atoms with Crippen LogP contribution in [-0.2, 0) is 12.0 Å². The first-order chi connectivity index (χ1) is 18.2. The van der Waals surface area contributed by atoms with Gasteiger partial charge in [0.25, 0.3) is 5.91 Å². The average Bonchev–Trinajstić information content (AvgIpc) is 3.64. The first-order valence-electron chi connectivity index (χ1n) is 12.8. The molecule has 0 aliphatic carbocycles. The fraction of sp³-hybridized carbons (Fsp3) is 0.393. The minimum Gasteiger partial charge on any atom is -0.347 e. The lowest BCUT2D eigenvalue weighted by molar-refractivity contribution is 0.0954. The Morgan fingerprint density at radius 2 is 2.03 bits per heavy atom. The highest BCUT2D eigenvalue weighted by Gasteiger charge is 2.22. The molecule has 198 valence electrons. The van der Waals surface area contributed by atoms with Gasteiger partial charge in [-0.05, 0) is 50.2 Å². The molecule has 1 aliphatic rings. The molecule has 1 atom stereocenters. The van der Waals surface area contributed by atoms with E-state index in [1.54, 1.807) is 12.4 Å². The standard InChI is InChI=1S/C28H34N8OS/c1-18-12-19(6-7-20(18)13-30-25(37)24-15-31-26(38-24)28(2,3)4)23-8-10-29-27(34-23)33-21-14-32-36(16-21)22-9-11-35(5)17-22/h6-8,10,12,14-16,22H,9,11,13,17H2,1-5H3,(H,30,37)(H,29,33,34). The second-order valence-corrected chi connectivity index (χ2v) is 11.9. The van der Waals surface area contributed by atoms with Gasteiger partial charge in [0.15, 0.2) is 0 Å². The molecule has 0 saturated carbocycles. The van der Waals surface area contributed by atoms with Crippen molar-refractivity contribution in [3.05, 3.63) is 70.1 Å². The summed E-state index contributed by atoms with van der Waals surface area (Å²) in [5, 5.41) is 11.8. The summed E-state index contributed by atoms with van der Waals surface area (Å²) in [5.41, 5.74) is 4.75. The molecule has 4 aromatic rings. The van der Waals surface area contributed by atoms with Crippen LogP contribution in [0.25, 0.3) is 11.3 Å². The number of carbonyl (C=O) groups excluding carboxylic acids is 1. The van der Waals surface area contributed by atoms with E-state index in [1.165, 1.54) is 11.3 Å². The van der Waals surface area contributed by atoms with E-state index < -0.39 is 0 Å². The molecule has 38 heavy (non-hydrogen) atoms. The van der Waals surface area contributed by atoms with Gasteiger partial charge in [-0.2, -0.15) is 5.10 Å². The summed E-state index contributed by atoms with van der Waals surface area (Å²) < 4.78 is 2.02. The third-order valence-electron chi connectivity index (χ3n) is 6.70. The average molecular weight is 531 g/mol. The summed E-state index contributed by atoms with van der Waals surface area (Å²) >= 11 is 1.45. The van der Waals surface area contributed by atoms with Gasteiger partial charge in [-0.25, -0.2) is 15.0 Å². The van der Waals surface area contributed by atoms with E-state index in [0.29, 0.717) is 23.4 Å². The number of thiazole rings is 1. The zero-order chi connectivity index (χ0) is 26.9. The van der Waals surface area contributed by atoms with Crippen molar-refractivity contribution < 1.29 is 4.79 Å². The molecule has 2 N–H and O–H groups in total. The van der Waals surface area contributed by atoms with Crippen LogP contribution < -0.4 is 10.6 Å². The van der Waals surface area contributed by atoms with Crippen LogP contribution >= 0.6 is 11.3 Å². The number of nitrogens with zero attached hydrogens (tertiary/aromatic N) is 6. The Kier molecular flexibility index (Phi) is 7.27. The van der Waals surface area contributed by atoms with E-state index in [-0.39, 0.29) is 11.3 Å². The molecule has 3 aromatic heterocycles. The maximum absolute atomic E-state index is 12.7. The van der Waals surface area contributed by atoms with Crippen LogP contribution in [0.2, 0.25) is 0 Å². The third-order valence-corrected chi connectivity index (χ3v) is 8.12. The number of nitrogens with one attached hydrogen (secondary N) is 2. The number of aromatic nitrogens is 5. The van der Waals surface area contributed by atoms with Crippen molar-refractivity contribution in [1.82, 2.24) is 34.9 Å². The van der Waals surface area contributed by atoms with E-state index in [1.807, 2.05) is 42.2 Å². The molecule has 0 bridgehead atoms. The van der Waals surface area contributed by atoms with Crippen LogP contribution in [-0.4, -0.2) is 55.7 Å². The first kappa shape index (κ1) is 26.0. The second kappa shape index (κ2) is 10.6. The number of likely N-dealkylation sites (N-methyl/N-ethyl adjacent to an activating group) is 1. The molecule has 1 aromatic carbocycles. The van der Waals surface area contributed by atoms with Gasteiger partial charge in [-0.15, -0.1) is 11.3 Å². The van der Waals surface area contributed by atoms with Crippen molar-refractivity contribution in [2.24, 2.45) is 0 Å². The van der Waals surface area contributed by atoms with Crippen molar-refractivity contribution >= 4 is 28.9 Å². The number of benzene rings is 1. The topological polar surface area (TPSA) is 101 Å². The lowest BCUT2D eigenvalue weighted by Gasteiger charge is -2.13. The molecule has 0 radical (unpaired) electrons. The molecule has 5 rings (SSSR count). The fourth-order valence-electron chi connectivity index (χ4n) is 4.48.